The molecule has 0 bridgehead atoms. The van der Waals surface area contributed by atoms with Crippen LogP contribution in [0.15, 0.2) is 53.1 Å². The minimum absolute atomic E-state index is 0.214. The van der Waals surface area contributed by atoms with Crippen LogP contribution in [0.2, 0.25) is 0 Å². The van der Waals surface area contributed by atoms with Crippen molar-refractivity contribution in [2.45, 2.75) is 13.1 Å². The first-order valence-corrected chi connectivity index (χ1v) is 7.54. The molecule has 0 radical (unpaired) electrons. The van der Waals surface area contributed by atoms with Crippen LogP contribution < -0.4 is 4.74 Å². The summed E-state index contributed by atoms with van der Waals surface area (Å²) < 4.78 is 24.1. The van der Waals surface area contributed by atoms with Crippen LogP contribution in [-0.4, -0.2) is 29.2 Å². The Balaban J connectivity index is 1.66. The molecule has 0 atom stereocenters. The van der Waals surface area contributed by atoms with Gasteiger partial charge in [-0.3, -0.25) is 4.90 Å². The predicted molar refractivity (Wildman–Crippen MR) is 87.9 cm³/mol. The first-order chi connectivity index (χ1) is 11.7. The van der Waals surface area contributed by atoms with Gasteiger partial charge >= 0.3 is 0 Å². The third kappa shape index (κ3) is 3.78. The van der Waals surface area contributed by atoms with E-state index in [1.54, 1.807) is 19.2 Å². The van der Waals surface area contributed by atoms with Gasteiger partial charge in [0.15, 0.2) is 0 Å². The summed E-state index contributed by atoms with van der Waals surface area (Å²) in [6.07, 6.45) is 0. The van der Waals surface area contributed by atoms with Crippen molar-refractivity contribution in [2.75, 3.05) is 14.2 Å². The second-order valence-electron chi connectivity index (χ2n) is 5.50. The minimum atomic E-state index is -0.214. The van der Waals surface area contributed by atoms with E-state index < -0.39 is 0 Å². The van der Waals surface area contributed by atoms with Crippen LogP contribution in [0.1, 0.15) is 11.5 Å². The fourth-order valence-corrected chi connectivity index (χ4v) is 2.38. The molecule has 2 aromatic carbocycles. The Morgan fingerprint density at radius 2 is 1.83 bits per heavy atom. The highest BCUT2D eigenvalue weighted by atomic mass is 19.1. The average molecular weight is 327 g/mol. The standard InChI is InChI=1S/C18H18FN3O2/c1-22(11-14-5-3-4-6-16(14)19)12-17-20-18(21-24-17)13-7-9-15(23-2)10-8-13/h3-10H,11-12H2,1-2H3. The van der Waals surface area contributed by atoms with Crippen molar-refractivity contribution < 1.29 is 13.7 Å². The average Bonchev–Trinajstić information content (AvgIpc) is 3.05. The zero-order valence-electron chi connectivity index (χ0n) is 13.6. The van der Waals surface area contributed by atoms with Gasteiger partial charge in [0, 0.05) is 17.7 Å². The van der Waals surface area contributed by atoms with Gasteiger partial charge in [0.25, 0.3) is 0 Å². The zero-order chi connectivity index (χ0) is 16.9. The van der Waals surface area contributed by atoms with Gasteiger partial charge < -0.3 is 9.26 Å². The zero-order valence-corrected chi connectivity index (χ0v) is 13.6. The van der Waals surface area contributed by atoms with Crippen molar-refractivity contribution in [3.63, 3.8) is 0 Å². The fraction of sp³-hybridized carbons (Fsp3) is 0.222. The maximum atomic E-state index is 13.7. The van der Waals surface area contributed by atoms with Gasteiger partial charge in [0.05, 0.1) is 13.7 Å². The molecule has 0 unspecified atom stereocenters. The fourth-order valence-electron chi connectivity index (χ4n) is 2.38. The van der Waals surface area contributed by atoms with Crippen LogP contribution in [-0.2, 0) is 13.1 Å². The molecule has 5 nitrogen and oxygen atoms in total. The van der Waals surface area contributed by atoms with Gasteiger partial charge in [-0.05, 0) is 37.4 Å². The van der Waals surface area contributed by atoms with Crippen LogP contribution in [0.25, 0.3) is 11.4 Å². The smallest absolute Gasteiger partial charge is 0.241 e. The van der Waals surface area contributed by atoms with E-state index in [1.807, 2.05) is 42.3 Å². The van der Waals surface area contributed by atoms with Gasteiger partial charge in [-0.2, -0.15) is 4.98 Å². The van der Waals surface area contributed by atoms with Crippen LogP contribution in [0.4, 0.5) is 4.39 Å². The molecule has 124 valence electrons. The highest BCUT2D eigenvalue weighted by Crippen LogP contribution is 2.20. The number of aromatic nitrogens is 2. The molecule has 6 heteroatoms. The third-order valence-electron chi connectivity index (χ3n) is 3.62. The number of rotatable bonds is 6. The van der Waals surface area contributed by atoms with E-state index in [0.717, 1.165) is 11.3 Å². The molecule has 0 aliphatic rings. The lowest BCUT2D eigenvalue weighted by atomic mass is 10.2. The summed E-state index contributed by atoms with van der Waals surface area (Å²) in [6, 6.07) is 14.1. The van der Waals surface area contributed by atoms with Crippen LogP contribution in [0.3, 0.4) is 0 Å². The monoisotopic (exact) mass is 327 g/mol. The highest BCUT2D eigenvalue weighted by molar-refractivity contribution is 5.55. The topological polar surface area (TPSA) is 51.4 Å². The number of nitrogens with zero attached hydrogens (tertiary/aromatic N) is 3. The summed E-state index contributed by atoms with van der Waals surface area (Å²) in [5.41, 5.74) is 1.48. The molecule has 0 aliphatic heterocycles. The molecule has 24 heavy (non-hydrogen) atoms. The van der Waals surface area contributed by atoms with Crippen molar-refractivity contribution in [1.29, 1.82) is 0 Å². The Morgan fingerprint density at radius 3 is 2.54 bits per heavy atom. The molecular weight excluding hydrogens is 309 g/mol. The minimum Gasteiger partial charge on any atom is -0.497 e. The van der Waals surface area contributed by atoms with Gasteiger partial charge in [-0.25, -0.2) is 4.39 Å². The van der Waals surface area contributed by atoms with E-state index in [-0.39, 0.29) is 5.82 Å². The van der Waals surface area contributed by atoms with Gasteiger partial charge in [-0.1, -0.05) is 23.4 Å². The summed E-state index contributed by atoms with van der Waals surface area (Å²) in [5.74, 6) is 1.56. The Kier molecular flexibility index (Phi) is 4.86. The second kappa shape index (κ2) is 7.23. The number of methoxy groups -OCH3 is 1. The summed E-state index contributed by atoms with van der Waals surface area (Å²) in [5, 5.41) is 3.99. The summed E-state index contributed by atoms with van der Waals surface area (Å²) in [7, 11) is 3.50. The quantitative estimate of drug-likeness (QED) is 0.693. The molecule has 0 aliphatic carbocycles. The Hall–Kier alpha value is -2.73. The molecule has 0 saturated carbocycles. The first-order valence-electron chi connectivity index (χ1n) is 7.54. The number of halogens is 1. The third-order valence-corrected chi connectivity index (χ3v) is 3.62. The van der Waals surface area contributed by atoms with Crippen LogP contribution in [0, 0.1) is 5.82 Å². The van der Waals surface area contributed by atoms with E-state index >= 15 is 0 Å². The van der Waals surface area contributed by atoms with Crippen molar-refractivity contribution in [1.82, 2.24) is 15.0 Å². The van der Waals surface area contributed by atoms with Crippen molar-refractivity contribution >= 4 is 0 Å². The Labute approximate surface area is 139 Å². The molecule has 0 spiro atoms. The van der Waals surface area contributed by atoms with Crippen LogP contribution in [0.5, 0.6) is 5.75 Å². The lowest BCUT2D eigenvalue weighted by molar-refractivity contribution is 0.258. The number of hydrogen-bond acceptors (Lipinski definition) is 5. The van der Waals surface area contributed by atoms with Crippen LogP contribution >= 0.6 is 0 Å². The van der Waals surface area contributed by atoms with E-state index in [0.29, 0.717) is 30.4 Å². The second-order valence-corrected chi connectivity index (χ2v) is 5.50. The van der Waals surface area contributed by atoms with E-state index in [4.69, 9.17) is 9.26 Å². The normalized spacial score (nSPS) is 11.0. The summed E-state index contributed by atoms with van der Waals surface area (Å²) >= 11 is 0. The Morgan fingerprint density at radius 1 is 1.08 bits per heavy atom. The van der Waals surface area contributed by atoms with E-state index in [9.17, 15) is 4.39 Å². The largest absolute Gasteiger partial charge is 0.497 e. The lowest BCUT2D eigenvalue weighted by Gasteiger charge is -2.14. The predicted octanol–water partition coefficient (Wildman–Crippen LogP) is 3.52. The molecule has 0 saturated heterocycles. The van der Waals surface area contributed by atoms with Crippen molar-refractivity contribution in [3.05, 3.63) is 65.8 Å². The molecule has 0 amide bonds. The summed E-state index contributed by atoms with van der Waals surface area (Å²) in [4.78, 5) is 6.31. The van der Waals surface area contributed by atoms with Crippen molar-refractivity contribution in [3.8, 4) is 17.1 Å². The summed E-state index contributed by atoms with van der Waals surface area (Å²) in [6.45, 7) is 0.907. The van der Waals surface area contributed by atoms with Gasteiger partial charge in [0.1, 0.15) is 11.6 Å². The van der Waals surface area contributed by atoms with Gasteiger partial charge in [-0.15, -0.1) is 0 Å². The molecule has 1 heterocycles. The molecular formula is C18H18FN3O2. The lowest BCUT2D eigenvalue weighted by Crippen LogP contribution is -2.18. The molecule has 0 fully saturated rings. The number of hydrogen-bond donors (Lipinski definition) is 0. The van der Waals surface area contributed by atoms with Gasteiger partial charge in [0.2, 0.25) is 11.7 Å². The first kappa shape index (κ1) is 16.1. The highest BCUT2D eigenvalue weighted by Gasteiger charge is 2.12. The van der Waals surface area contributed by atoms with Crippen molar-refractivity contribution in [2.24, 2.45) is 0 Å². The maximum absolute atomic E-state index is 13.7. The number of benzene rings is 2. The number of ether oxygens (including phenoxy) is 1. The van der Waals surface area contributed by atoms with E-state index in [1.165, 1.54) is 6.07 Å². The SMILES string of the molecule is COc1ccc(-c2noc(CN(C)Cc3ccccc3F)n2)cc1. The molecule has 0 N–H and O–H groups in total. The molecule has 1 aromatic heterocycles. The molecule has 3 rings (SSSR count). The Bertz CT molecular complexity index is 802. The van der Waals surface area contributed by atoms with E-state index in [2.05, 4.69) is 10.1 Å². The maximum Gasteiger partial charge on any atom is 0.241 e. The molecule has 3 aromatic rings.